The Morgan fingerprint density at radius 3 is 2.72 bits per heavy atom. The Labute approximate surface area is 148 Å². The van der Waals surface area contributed by atoms with E-state index >= 15 is 0 Å². The smallest absolute Gasteiger partial charge is 0.143 e. The summed E-state index contributed by atoms with van der Waals surface area (Å²) < 4.78 is 5.12. The standard InChI is InChI=1S/C22H22N2O/c1-15-5-3-7-17(11-9-15)19-13-14-20(22-21(19)23-25-24-22)18-8-4-6-16(2)10-12-18/h3,5,8-14,16H,4,6-7H2,1-2H3. The van der Waals surface area contributed by atoms with E-state index in [1.54, 1.807) is 0 Å². The second kappa shape index (κ2) is 6.67. The Morgan fingerprint density at radius 1 is 1.04 bits per heavy atom. The summed E-state index contributed by atoms with van der Waals surface area (Å²) in [5.41, 5.74) is 7.59. The predicted molar refractivity (Wildman–Crippen MR) is 103 cm³/mol. The summed E-state index contributed by atoms with van der Waals surface area (Å²) in [5, 5.41) is 8.43. The zero-order chi connectivity index (χ0) is 17.2. The number of rotatable bonds is 2. The zero-order valence-corrected chi connectivity index (χ0v) is 14.7. The van der Waals surface area contributed by atoms with Gasteiger partial charge in [0, 0.05) is 11.1 Å². The van der Waals surface area contributed by atoms with Crippen molar-refractivity contribution in [2.75, 3.05) is 0 Å². The van der Waals surface area contributed by atoms with Gasteiger partial charge in [0.25, 0.3) is 0 Å². The van der Waals surface area contributed by atoms with Gasteiger partial charge in [-0.1, -0.05) is 67.2 Å². The van der Waals surface area contributed by atoms with Crippen molar-refractivity contribution in [1.82, 2.24) is 10.3 Å². The summed E-state index contributed by atoms with van der Waals surface area (Å²) in [6.07, 6.45) is 18.6. The van der Waals surface area contributed by atoms with E-state index < -0.39 is 0 Å². The van der Waals surface area contributed by atoms with Crippen LogP contribution in [0.3, 0.4) is 0 Å². The van der Waals surface area contributed by atoms with E-state index in [1.165, 1.54) is 23.1 Å². The molecule has 0 fully saturated rings. The van der Waals surface area contributed by atoms with Gasteiger partial charge in [-0.3, -0.25) is 0 Å². The number of hydrogen-bond donors (Lipinski definition) is 0. The van der Waals surface area contributed by atoms with Crippen LogP contribution in [-0.2, 0) is 0 Å². The molecule has 0 saturated heterocycles. The van der Waals surface area contributed by atoms with Crippen molar-refractivity contribution in [1.29, 1.82) is 0 Å². The summed E-state index contributed by atoms with van der Waals surface area (Å²) in [4.78, 5) is 0. The van der Waals surface area contributed by atoms with Gasteiger partial charge in [-0.05, 0) is 53.6 Å². The van der Waals surface area contributed by atoms with Gasteiger partial charge in [-0.15, -0.1) is 0 Å². The highest BCUT2D eigenvalue weighted by atomic mass is 16.6. The summed E-state index contributed by atoms with van der Waals surface area (Å²) in [7, 11) is 0. The van der Waals surface area contributed by atoms with Gasteiger partial charge >= 0.3 is 0 Å². The third-order valence-corrected chi connectivity index (χ3v) is 4.93. The molecule has 126 valence electrons. The zero-order valence-electron chi connectivity index (χ0n) is 14.7. The molecule has 0 saturated carbocycles. The molecular weight excluding hydrogens is 308 g/mol. The van der Waals surface area contributed by atoms with Crippen LogP contribution in [0.2, 0.25) is 0 Å². The second-order valence-corrected chi connectivity index (χ2v) is 6.90. The van der Waals surface area contributed by atoms with E-state index in [9.17, 15) is 0 Å². The van der Waals surface area contributed by atoms with Crippen molar-refractivity contribution in [3.63, 3.8) is 0 Å². The molecule has 1 aromatic carbocycles. The SMILES string of the molecule is CC1=CC=C(c2ccc(C3=CCCC(C)C=C3)c3nonc23)CC=C1. The van der Waals surface area contributed by atoms with Crippen LogP contribution in [0.5, 0.6) is 0 Å². The first kappa shape index (κ1) is 15.8. The number of allylic oxidation sites excluding steroid dienone is 10. The summed E-state index contributed by atoms with van der Waals surface area (Å²) in [6.45, 7) is 4.36. The van der Waals surface area contributed by atoms with Crippen molar-refractivity contribution < 1.29 is 4.63 Å². The highest BCUT2D eigenvalue weighted by molar-refractivity contribution is 5.97. The monoisotopic (exact) mass is 330 g/mol. The molecule has 0 N–H and O–H groups in total. The molecule has 3 nitrogen and oxygen atoms in total. The Balaban J connectivity index is 1.81. The molecule has 2 aliphatic carbocycles. The normalized spacial score (nSPS) is 20.7. The van der Waals surface area contributed by atoms with E-state index in [-0.39, 0.29) is 0 Å². The summed E-state index contributed by atoms with van der Waals surface area (Å²) >= 11 is 0. The van der Waals surface area contributed by atoms with E-state index in [4.69, 9.17) is 4.63 Å². The predicted octanol–water partition coefficient (Wildman–Crippen LogP) is 5.88. The van der Waals surface area contributed by atoms with Crippen LogP contribution in [0.15, 0.2) is 64.9 Å². The lowest BCUT2D eigenvalue weighted by Crippen LogP contribution is -1.91. The Morgan fingerprint density at radius 2 is 1.84 bits per heavy atom. The summed E-state index contributed by atoms with van der Waals surface area (Å²) in [6, 6.07) is 4.30. The van der Waals surface area contributed by atoms with E-state index in [2.05, 4.69) is 78.8 Å². The number of nitrogens with zero attached hydrogens (tertiary/aromatic N) is 2. The third kappa shape index (κ3) is 3.14. The van der Waals surface area contributed by atoms with Gasteiger partial charge in [-0.25, -0.2) is 4.63 Å². The van der Waals surface area contributed by atoms with E-state index in [0.29, 0.717) is 5.92 Å². The van der Waals surface area contributed by atoms with Crippen LogP contribution in [0.1, 0.15) is 44.2 Å². The average molecular weight is 330 g/mol. The van der Waals surface area contributed by atoms with E-state index in [0.717, 1.165) is 35.0 Å². The van der Waals surface area contributed by atoms with Crippen LogP contribution in [-0.4, -0.2) is 10.3 Å². The molecule has 1 atom stereocenters. The number of benzene rings is 1. The van der Waals surface area contributed by atoms with Crippen LogP contribution in [0, 0.1) is 5.92 Å². The second-order valence-electron chi connectivity index (χ2n) is 6.90. The minimum Gasteiger partial charge on any atom is -0.243 e. The van der Waals surface area contributed by atoms with Crippen molar-refractivity contribution in [3.05, 3.63) is 71.4 Å². The lowest BCUT2D eigenvalue weighted by atomic mass is 9.95. The molecule has 3 heteroatoms. The van der Waals surface area contributed by atoms with Gasteiger partial charge in [0.05, 0.1) is 0 Å². The first-order valence-corrected chi connectivity index (χ1v) is 8.91. The number of hydrogen-bond acceptors (Lipinski definition) is 3. The third-order valence-electron chi connectivity index (χ3n) is 4.93. The molecule has 1 aromatic heterocycles. The van der Waals surface area contributed by atoms with Crippen LogP contribution >= 0.6 is 0 Å². The molecule has 0 amide bonds. The maximum atomic E-state index is 5.12. The molecule has 25 heavy (non-hydrogen) atoms. The van der Waals surface area contributed by atoms with Crippen molar-refractivity contribution >= 4 is 22.2 Å². The van der Waals surface area contributed by atoms with Crippen molar-refractivity contribution in [2.45, 2.75) is 33.1 Å². The van der Waals surface area contributed by atoms with Crippen LogP contribution in [0.25, 0.3) is 22.2 Å². The fourth-order valence-corrected chi connectivity index (χ4v) is 3.42. The fourth-order valence-electron chi connectivity index (χ4n) is 3.42. The molecule has 0 aliphatic heterocycles. The molecule has 2 aliphatic rings. The van der Waals surface area contributed by atoms with Crippen molar-refractivity contribution in [2.24, 2.45) is 5.92 Å². The lowest BCUT2D eigenvalue weighted by Gasteiger charge is -2.08. The van der Waals surface area contributed by atoms with Gasteiger partial charge < -0.3 is 0 Å². The molecule has 1 heterocycles. The summed E-state index contributed by atoms with van der Waals surface area (Å²) in [5.74, 6) is 0.608. The first-order chi connectivity index (χ1) is 12.2. The lowest BCUT2D eigenvalue weighted by molar-refractivity contribution is 0.315. The van der Waals surface area contributed by atoms with Gasteiger partial charge in [0.2, 0.25) is 0 Å². The Hall–Kier alpha value is -2.68. The Bertz CT molecular complexity index is 954. The first-order valence-electron chi connectivity index (χ1n) is 8.91. The Kier molecular flexibility index (Phi) is 4.22. The molecular formula is C22H22N2O. The number of aromatic nitrogens is 2. The van der Waals surface area contributed by atoms with Gasteiger partial charge in [0.15, 0.2) is 0 Å². The molecule has 1 unspecified atom stereocenters. The van der Waals surface area contributed by atoms with Crippen LogP contribution in [0.4, 0.5) is 0 Å². The maximum absolute atomic E-state index is 5.12. The minimum absolute atomic E-state index is 0.608. The van der Waals surface area contributed by atoms with Crippen molar-refractivity contribution in [3.8, 4) is 0 Å². The molecule has 0 radical (unpaired) electrons. The molecule has 2 aromatic rings. The van der Waals surface area contributed by atoms with Crippen LogP contribution < -0.4 is 0 Å². The topological polar surface area (TPSA) is 38.9 Å². The quantitative estimate of drug-likeness (QED) is 0.690. The van der Waals surface area contributed by atoms with Gasteiger partial charge in [0.1, 0.15) is 11.0 Å². The van der Waals surface area contributed by atoms with Gasteiger partial charge in [-0.2, -0.15) is 0 Å². The number of fused-ring (bicyclic) bond motifs is 1. The molecule has 0 bridgehead atoms. The average Bonchev–Trinajstić information content (AvgIpc) is 2.87. The largest absolute Gasteiger partial charge is 0.243 e. The highest BCUT2D eigenvalue weighted by Crippen LogP contribution is 2.33. The van der Waals surface area contributed by atoms with E-state index in [1.807, 2.05) is 0 Å². The fraction of sp³-hybridized carbons (Fsp3) is 0.273. The molecule has 4 rings (SSSR count). The minimum atomic E-state index is 0.608. The highest BCUT2D eigenvalue weighted by Gasteiger charge is 2.17. The molecule has 0 spiro atoms. The maximum Gasteiger partial charge on any atom is 0.143 e.